The first-order chi connectivity index (χ1) is 12.7. The summed E-state index contributed by atoms with van der Waals surface area (Å²) in [5, 5.41) is 13.8. The predicted octanol–water partition coefficient (Wildman–Crippen LogP) is 1.64. The van der Waals surface area contributed by atoms with E-state index in [1.807, 2.05) is 42.3 Å². The molecule has 1 atom stereocenters. The maximum absolute atomic E-state index is 11.9. The molecule has 3 N–H and O–H groups in total. The first-order valence-corrected chi connectivity index (χ1v) is 8.96. The molecule has 3 rings (SSSR count). The zero-order valence-corrected chi connectivity index (χ0v) is 15.3. The Kier molecular flexibility index (Phi) is 5.88. The van der Waals surface area contributed by atoms with E-state index in [0.29, 0.717) is 13.0 Å². The summed E-state index contributed by atoms with van der Waals surface area (Å²) in [4.78, 5) is 16.2. The summed E-state index contributed by atoms with van der Waals surface area (Å²) in [7, 11) is 3.69. The van der Waals surface area contributed by atoms with E-state index in [1.165, 1.54) is 11.1 Å². The van der Waals surface area contributed by atoms with Crippen LogP contribution < -0.4 is 16.0 Å². The number of hydrogen-bond acceptors (Lipinski definition) is 3. The van der Waals surface area contributed by atoms with Gasteiger partial charge in [-0.05, 0) is 30.0 Å². The highest BCUT2D eigenvalue weighted by molar-refractivity contribution is 5.94. The molecule has 7 nitrogen and oxygen atoms in total. The van der Waals surface area contributed by atoms with Crippen molar-refractivity contribution in [3.05, 3.63) is 47.8 Å². The van der Waals surface area contributed by atoms with Crippen molar-refractivity contribution in [2.45, 2.75) is 25.2 Å². The molecule has 2 aromatic rings. The van der Waals surface area contributed by atoms with Crippen LogP contribution in [0.2, 0.25) is 0 Å². The lowest BCUT2D eigenvalue weighted by Gasteiger charge is -2.26. The van der Waals surface area contributed by atoms with E-state index < -0.39 is 0 Å². The van der Waals surface area contributed by atoms with Crippen LogP contribution in [0.25, 0.3) is 0 Å². The molecule has 0 fully saturated rings. The molecule has 2 heterocycles. The van der Waals surface area contributed by atoms with Crippen LogP contribution in [-0.4, -0.2) is 41.8 Å². The van der Waals surface area contributed by atoms with E-state index in [2.05, 4.69) is 32.1 Å². The van der Waals surface area contributed by atoms with Gasteiger partial charge in [0, 0.05) is 51.4 Å². The van der Waals surface area contributed by atoms with Gasteiger partial charge in [0.15, 0.2) is 5.96 Å². The number of aryl methyl sites for hydroxylation is 2. The Hall–Kier alpha value is -2.83. The van der Waals surface area contributed by atoms with Crippen molar-refractivity contribution in [1.82, 2.24) is 20.4 Å². The second-order valence-corrected chi connectivity index (χ2v) is 6.54. The standard InChI is InChI=1S/C19H26N6O/c1-20-19(21-9-5-6-14-11-23-25(2)13-14)22-12-15-10-18(26)24-17-8-4-3-7-16(15)17/h3-4,7-8,11,13,15H,5-6,9-10,12H2,1-2H3,(H,24,26)(H2,20,21,22). The zero-order chi connectivity index (χ0) is 18.4. The van der Waals surface area contributed by atoms with Gasteiger partial charge < -0.3 is 16.0 Å². The Morgan fingerprint density at radius 3 is 3.00 bits per heavy atom. The third-order valence-electron chi connectivity index (χ3n) is 4.54. The third kappa shape index (κ3) is 4.62. The molecule has 138 valence electrons. The molecule has 1 aromatic carbocycles. The van der Waals surface area contributed by atoms with Crippen LogP contribution in [0.5, 0.6) is 0 Å². The molecule has 0 spiro atoms. The normalized spacial score (nSPS) is 16.8. The quantitative estimate of drug-likeness (QED) is 0.418. The first kappa shape index (κ1) is 18.0. The molecule has 1 aromatic heterocycles. The van der Waals surface area contributed by atoms with Gasteiger partial charge in [0.1, 0.15) is 0 Å². The Bertz CT molecular complexity index is 782. The fraction of sp³-hybridized carbons (Fsp3) is 0.421. The summed E-state index contributed by atoms with van der Waals surface area (Å²) < 4.78 is 1.82. The maximum atomic E-state index is 11.9. The SMILES string of the molecule is CN=C(NCCCc1cnn(C)c1)NCC1CC(=O)Nc2ccccc21. The van der Waals surface area contributed by atoms with Crippen molar-refractivity contribution in [2.75, 3.05) is 25.5 Å². The number of guanidine groups is 1. The lowest BCUT2D eigenvalue weighted by molar-refractivity contribution is -0.116. The molecule has 1 unspecified atom stereocenters. The molecule has 1 aliphatic heterocycles. The fourth-order valence-corrected chi connectivity index (χ4v) is 3.22. The molecule has 1 aliphatic rings. The summed E-state index contributed by atoms with van der Waals surface area (Å²) in [6.45, 7) is 1.50. The molecular formula is C19H26N6O. The van der Waals surface area contributed by atoms with Crippen LogP contribution in [-0.2, 0) is 18.3 Å². The topological polar surface area (TPSA) is 83.3 Å². The molecule has 0 bridgehead atoms. The van der Waals surface area contributed by atoms with Gasteiger partial charge in [-0.3, -0.25) is 14.5 Å². The van der Waals surface area contributed by atoms with Crippen LogP contribution in [0.15, 0.2) is 41.7 Å². The number of nitrogens with zero attached hydrogens (tertiary/aromatic N) is 3. The van der Waals surface area contributed by atoms with Crippen molar-refractivity contribution in [3.63, 3.8) is 0 Å². The van der Waals surface area contributed by atoms with Crippen molar-refractivity contribution >= 4 is 17.6 Å². The minimum Gasteiger partial charge on any atom is -0.356 e. The van der Waals surface area contributed by atoms with Crippen LogP contribution in [0, 0.1) is 0 Å². The maximum Gasteiger partial charge on any atom is 0.225 e. The monoisotopic (exact) mass is 354 g/mol. The summed E-state index contributed by atoms with van der Waals surface area (Å²) in [5.41, 5.74) is 3.32. The van der Waals surface area contributed by atoms with E-state index in [9.17, 15) is 4.79 Å². The molecule has 0 saturated carbocycles. The predicted molar refractivity (Wildman–Crippen MR) is 103 cm³/mol. The third-order valence-corrected chi connectivity index (χ3v) is 4.54. The van der Waals surface area contributed by atoms with E-state index in [0.717, 1.165) is 31.0 Å². The number of para-hydroxylation sites is 1. The number of carbonyl (C=O) groups excluding carboxylic acids is 1. The number of nitrogens with one attached hydrogen (secondary N) is 3. The molecule has 7 heteroatoms. The summed E-state index contributed by atoms with van der Waals surface area (Å²) in [6, 6.07) is 7.97. The van der Waals surface area contributed by atoms with Gasteiger partial charge in [0.2, 0.25) is 5.91 Å². The Labute approximate surface area is 153 Å². The van der Waals surface area contributed by atoms with Crippen LogP contribution in [0.1, 0.15) is 29.9 Å². The number of benzene rings is 1. The largest absolute Gasteiger partial charge is 0.356 e. The Balaban J connectivity index is 1.46. The number of amides is 1. The average Bonchev–Trinajstić information content (AvgIpc) is 3.06. The molecule has 0 saturated heterocycles. The zero-order valence-electron chi connectivity index (χ0n) is 15.3. The van der Waals surface area contributed by atoms with Gasteiger partial charge in [-0.2, -0.15) is 5.10 Å². The number of rotatable bonds is 6. The van der Waals surface area contributed by atoms with Gasteiger partial charge in [0.05, 0.1) is 6.20 Å². The van der Waals surface area contributed by atoms with E-state index >= 15 is 0 Å². The molecule has 0 radical (unpaired) electrons. The summed E-state index contributed by atoms with van der Waals surface area (Å²) in [5.74, 6) is 0.975. The number of aromatic nitrogens is 2. The van der Waals surface area contributed by atoms with Gasteiger partial charge in [-0.15, -0.1) is 0 Å². The molecule has 0 aliphatic carbocycles. The van der Waals surface area contributed by atoms with Crippen molar-refractivity contribution in [2.24, 2.45) is 12.0 Å². The van der Waals surface area contributed by atoms with Gasteiger partial charge in [0.25, 0.3) is 0 Å². The minimum absolute atomic E-state index is 0.0647. The van der Waals surface area contributed by atoms with E-state index in [4.69, 9.17) is 0 Å². The Morgan fingerprint density at radius 2 is 2.23 bits per heavy atom. The van der Waals surface area contributed by atoms with Crippen molar-refractivity contribution in [1.29, 1.82) is 0 Å². The molecule has 1 amide bonds. The van der Waals surface area contributed by atoms with Crippen LogP contribution in [0.4, 0.5) is 5.69 Å². The highest BCUT2D eigenvalue weighted by atomic mass is 16.1. The number of anilines is 1. The number of aliphatic imine (C=N–C) groups is 1. The number of carbonyl (C=O) groups is 1. The van der Waals surface area contributed by atoms with Gasteiger partial charge in [-0.25, -0.2) is 0 Å². The van der Waals surface area contributed by atoms with Gasteiger partial charge in [-0.1, -0.05) is 18.2 Å². The lowest BCUT2D eigenvalue weighted by Crippen LogP contribution is -2.41. The summed E-state index contributed by atoms with van der Waals surface area (Å²) >= 11 is 0. The van der Waals surface area contributed by atoms with Crippen LogP contribution in [0.3, 0.4) is 0 Å². The second kappa shape index (κ2) is 8.51. The lowest BCUT2D eigenvalue weighted by atomic mass is 9.90. The van der Waals surface area contributed by atoms with Crippen molar-refractivity contribution < 1.29 is 4.79 Å². The molecular weight excluding hydrogens is 328 g/mol. The fourth-order valence-electron chi connectivity index (χ4n) is 3.22. The summed E-state index contributed by atoms with van der Waals surface area (Å²) in [6.07, 6.45) is 6.41. The van der Waals surface area contributed by atoms with Crippen molar-refractivity contribution in [3.8, 4) is 0 Å². The van der Waals surface area contributed by atoms with E-state index in [-0.39, 0.29) is 11.8 Å². The van der Waals surface area contributed by atoms with Crippen LogP contribution >= 0.6 is 0 Å². The average molecular weight is 354 g/mol. The van der Waals surface area contributed by atoms with E-state index in [1.54, 1.807) is 7.05 Å². The molecule has 26 heavy (non-hydrogen) atoms. The second-order valence-electron chi connectivity index (χ2n) is 6.54. The first-order valence-electron chi connectivity index (χ1n) is 8.96. The minimum atomic E-state index is 0.0647. The van der Waals surface area contributed by atoms with Gasteiger partial charge >= 0.3 is 0 Å². The number of fused-ring (bicyclic) bond motifs is 1. The highest BCUT2D eigenvalue weighted by Gasteiger charge is 2.24. The number of hydrogen-bond donors (Lipinski definition) is 3. The highest BCUT2D eigenvalue weighted by Crippen LogP contribution is 2.31. The Morgan fingerprint density at radius 1 is 1.38 bits per heavy atom. The smallest absolute Gasteiger partial charge is 0.225 e.